The smallest absolute Gasteiger partial charge is 0.168 e. The van der Waals surface area contributed by atoms with Crippen LogP contribution in [0, 0.1) is 19.8 Å². The summed E-state index contributed by atoms with van der Waals surface area (Å²) in [6.45, 7) is 5.68. The molecule has 1 aromatic rings. The summed E-state index contributed by atoms with van der Waals surface area (Å²) in [6.07, 6.45) is 2.43. The van der Waals surface area contributed by atoms with Crippen LogP contribution in [0.1, 0.15) is 41.0 Å². The largest absolute Gasteiger partial charge is 0.378 e. The number of ether oxygens (including phenoxy) is 2. The van der Waals surface area contributed by atoms with Crippen molar-refractivity contribution in [2.75, 3.05) is 19.8 Å². The summed E-state index contributed by atoms with van der Waals surface area (Å²) in [5, 5.41) is 8.05. The van der Waals surface area contributed by atoms with Gasteiger partial charge in [0, 0.05) is 31.1 Å². The van der Waals surface area contributed by atoms with Crippen LogP contribution in [0.15, 0.2) is 6.07 Å². The van der Waals surface area contributed by atoms with Gasteiger partial charge in [-0.3, -0.25) is 4.79 Å². The molecule has 0 amide bonds. The van der Waals surface area contributed by atoms with Crippen LogP contribution >= 0.6 is 0 Å². The van der Waals surface area contributed by atoms with Crippen molar-refractivity contribution >= 4 is 5.78 Å². The van der Waals surface area contributed by atoms with Crippen LogP contribution in [0.3, 0.4) is 0 Å². The summed E-state index contributed by atoms with van der Waals surface area (Å²) in [5.74, 6) is 0.183. The molecule has 1 aromatic heterocycles. The summed E-state index contributed by atoms with van der Waals surface area (Å²) in [4.78, 5) is 12.7. The van der Waals surface area contributed by atoms with Crippen molar-refractivity contribution in [3.05, 3.63) is 23.0 Å². The third-order valence-electron chi connectivity index (χ3n) is 4.30. The topological polar surface area (TPSA) is 61.3 Å². The average Bonchev–Trinajstić information content (AvgIpc) is 2.88. The number of hydrogen-bond donors (Lipinski definition) is 0. The first-order valence-corrected chi connectivity index (χ1v) is 7.16. The number of nitrogens with zero attached hydrogens (tertiary/aromatic N) is 2. The highest BCUT2D eigenvalue weighted by atomic mass is 16.6. The lowest BCUT2D eigenvalue weighted by Gasteiger charge is -2.36. The van der Waals surface area contributed by atoms with Crippen molar-refractivity contribution in [1.29, 1.82) is 0 Å². The molecular weight excluding hydrogens is 256 g/mol. The van der Waals surface area contributed by atoms with E-state index in [1.54, 1.807) is 0 Å². The van der Waals surface area contributed by atoms with E-state index in [1.165, 1.54) is 0 Å². The maximum Gasteiger partial charge on any atom is 0.168 e. The van der Waals surface area contributed by atoms with Gasteiger partial charge >= 0.3 is 0 Å². The SMILES string of the molecule is Cc1cc(C(=O)C2CCOC3(CCOC3)C2)c(C)nn1. The van der Waals surface area contributed by atoms with Gasteiger partial charge in [-0.05, 0) is 32.8 Å². The summed E-state index contributed by atoms with van der Waals surface area (Å²) in [5.41, 5.74) is 1.97. The Morgan fingerprint density at radius 2 is 2.20 bits per heavy atom. The molecule has 0 radical (unpaired) electrons. The van der Waals surface area contributed by atoms with Gasteiger partial charge in [-0.2, -0.15) is 10.2 Å². The second-order valence-corrected chi connectivity index (χ2v) is 5.87. The first-order valence-electron chi connectivity index (χ1n) is 7.16. The van der Waals surface area contributed by atoms with Crippen molar-refractivity contribution in [2.45, 2.75) is 38.7 Å². The van der Waals surface area contributed by atoms with Crippen molar-refractivity contribution in [2.24, 2.45) is 5.92 Å². The lowest BCUT2D eigenvalue weighted by atomic mass is 9.81. The van der Waals surface area contributed by atoms with Crippen molar-refractivity contribution < 1.29 is 14.3 Å². The van der Waals surface area contributed by atoms with Crippen LogP contribution in [0.2, 0.25) is 0 Å². The molecule has 2 unspecified atom stereocenters. The molecule has 1 spiro atoms. The Balaban J connectivity index is 1.81. The Labute approximate surface area is 118 Å². The number of carbonyl (C=O) groups excluding carboxylic acids is 1. The Kier molecular flexibility index (Phi) is 3.56. The van der Waals surface area contributed by atoms with Crippen LogP contribution in [0.25, 0.3) is 0 Å². The minimum absolute atomic E-state index is 0.00718. The Hall–Kier alpha value is -1.33. The highest BCUT2D eigenvalue weighted by Crippen LogP contribution is 2.37. The fourth-order valence-electron chi connectivity index (χ4n) is 3.13. The van der Waals surface area contributed by atoms with Gasteiger partial charge in [-0.25, -0.2) is 0 Å². The molecule has 2 saturated heterocycles. The zero-order chi connectivity index (χ0) is 14.2. The number of Topliss-reactive ketones (excluding diaryl/α,β-unsaturated/α-hetero) is 1. The van der Waals surface area contributed by atoms with Crippen molar-refractivity contribution in [3.8, 4) is 0 Å². The average molecular weight is 276 g/mol. The molecule has 5 heteroatoms. The van der Waals surface area contributed by atoms with Gasteiger partial charge in [0.1, 0.15) is 0 Å². The summed E-state index contributed by atoms with van der Waals surface area (Å²) < 4.78 is 11.3. The zero-order valence-corrected chi connectivity index (χ0v) is 12.0. The van der Waals surface area contributed by atoms with Crippen LogP contribution in [-0.2, 0) is 9.47 Å². The summed E-state index contributed by atoms with van der Waals surface area (Å²) in [6, 6.07) is 1.85. The zero-order valence-electron chi connectivity index (χ0n) is 12.0. The number of carbonyl (C=O) groups is 1. The number of aromatic nitrogens is 2. The molecule has 2 atom stereocenters. The predicted octanol–water partition coefficient (Wildman–Crippen LogP) is 1.86. The van der Waals surface area contributed by atoms with Gasteiger partial charge in [-0.1, -0.05) is 0 Å². The van der Waals surface area contributed by atoms with E-state index in [4.69, 9.17) is 9.47 Å². The molecule has 0 aliphatic carbocycles. The third-order valence-corrected chi connectivity index (χ3v) is 4.30. The van der Waals surface area contributed by atoms with E-state index in [9.17, 15) is 4.79 Å². The Morgan fingerprint density at radius 1 is 1.35 bits per heavy atom. The molecule has 2 fully saturated rings. The van der Waals surface area contributed by atoms with Crippen LogP contribution < -0.4 is 0 Å². The van der Waals surface area contributed by atoms with E-state index < -0.39 is 0 Å². The van der Waals surface area contributed by atoms with Crippen LogP contribution in [-0.4, -0.2) is 41.4 Å². The number of ketones is 1. The van der Waals surface area contributed by atoms with Crippen molar-refractivity contribution in [1.82, 2.24) is 10.2 Å². The molecule has 2 aliphatic heterocycles. The highest BCUT2D eigenvalue weighted by molar-refractivity contribution is 5.98. The quantitative estimate of drug-likeness (QED) is 0.772. The van der Waals surface area contributed by atoms with E-state index in [0.29, 0.717) is 24.5 Å². The predicted molar refractivity (Wildman–Crippen MR) is 72.7 cm³/mol. The molecule has 5 nitrogen and oxygen atoms in total. The van der Waals surface area contributed by atoms with E-state index in [2.05, 4.69) is 10.2 Å². The first-order chi connectivity index (χ1) is 9.60. The molecule has 0 saturated carbocycles. The Morgan fingerprint density at radius 3 is 2.95 bits per heavy atom. The molecule has 0 N–H and O–H groups in total. The van der Waals surface area contributed by atoms with Crippen molar-refractivity contribution in [3.63, 3.8) is 0 Å². The van der Waals surface area contributed by atoms with Crippen LogP contribution in [0.4, 0.5) is 0 Å². The van der Waals surface area contributed by atoms with Gasteiger partial charge in [0.25, 0.3) is 0 Å². The molecule has 0 bridgehead atoms. The van der Waals surface area contributed by atoms with E-state index in [0.717, 1.165) is 31.6 Å². The van der Waals surface area contributed by atoms with Gasteiger partial charge < -0.3 is 9.47 Å². The number of rotatable bonds is 2. The van der Waals surface area contributed by atoms with E-state index in [1.807, 2.05) is 19.9 Å². The third kappa shape index (κ3) is 2.47. The molecule has 108 valence electrons. The number of aryl methyl sites for hydroxylation is 2. The van der Waals surface area contributed by atoms with E-state index >= 15 is 0 Å². The second-order valence-electron chi connectivity index (χ2n) is 5.87. The fraction of sp³-hybridized carbons (Fsp3) is 0.667. The number of hydrogen-bond acceptors (Lipinski definition) is 5. The lowest BCUT2D eigenvalue weighted by molar-refractivity contribution is -0.0920. The van der Waals surface area contributed by atoms with Gasteiger partial charge in [0.15, 0.2) is 5.78 Å². The molecule has 3 rings (SSSR count). The monoisotopic (exact) mass is 276 g/mol. The first kappa shape index (κ1) is 13.6. The molecular formula is C15H20N2O3. The second kappa shape index (κ2) is 5.22. The van der Waals surface area contributed by atoms with Gasteiger partial charge in [-0.15, -0.1) is 0 Å². The van der Waals surface area contributed by atoms with Gasteiger partial charge in [0.05, 0.1) is 23.6 Å². The minimum Gasteiger partial charge on any atom is -0.378 e. The molecule has 2 aliphatic rings. The Bertz CT molecular complexity index is 524. The lowest BCUT2D eigenvalue weighted by Crippen LogP contribution is -2.42. The van der Waals surface area contributed by atoms with E-state index in [-0.39, 0.29) is 17.3 Å². The summed E-state index contributed by atoms with van der Waals surface area (Å²) in [7, 11) is 0. The van der Waals surface area contributed by atoms with Gasteiger partial charge in [0.2, 0.25) is 0 Å². The fourth-order valence-corrected chi connectivity index (χ4v) is 3.13. The van der Waals surface area contributed by atoms with Crippen LogP contribution in [0.5, 0.6) is 0 Å². The standard InChI is InChI=1S/C15H20N2O3/c1-10-7-13(11(2)17-16-10)14(18)12-3-5-20-15(8-12)4-6-19-9-15/h7,12H,3-6,8-9H2,1-2H3. The molecule has 20 heavy (non-hydrogen) atoms. The normalized spacial score (nSPS) is 29.8. The maximum atomic E-state index is 12.7. The highest BCUT2D eigenvalue weighted by Gasteiger charge is 2.43. The minimum atomic E-state index is -0.234. The maximum absolute atomic E-state index is 12.7. The molecule has 3 heterocycles. The molecule has 0 aromatic carbocycles. The summed E-state index contributed by atoms with van der Waals surface area (Å²) >= 11 is 0.